The van der Waals surface area contributed by atoms with E-state index in [0.717, 1.165) is 11.8 Å². The highest BCUT2D eigenvalue weighted by atomic mass is 32.2. The zero-order valence-electron chi connectivity index (χ0n) is 24.7. The SMILES string of the molecule is Cc1cccccc(-c2ccc3ccccc3c2)c2cnccc2c1SC1=CC(c2ccccc2)=CC(c2ccccc2)C1. The van der Waals surface area contributed by atoms with Gasteiger partial charge in [-0.05, 0) is 86.0 Å². The van der Waals surface area contributed by atoms with E-state index in [1.54, 1.807) is 0 Å². The van der Waals surface area contributed by atoms with Crippen LogP contribution in [0.15, 0.2) is 174 Å². The summed E-state index contributed by atoms with van der Waals surface area (Å²) in [4.78, 5) is 7.25. The summed E-state index contributed by atoms with van der Waals surface area (Å²) in [6.45, 7) is 2.23. The molecule has 0 N–H and O–H groups in total. The van der Waals surface area contributed by atoms with Gasteiger partial charge >= 0.3 is 0 Å². The third-order valence-electron chi connectivity index (χ3n) is 8.29. The van der Waals surface area contributed by atoms with Gasteiger partial charge in [0.15, 0.2) is 0 Å². The molecule has 5 aromatic carbocycles. The van der Waals surface area contributed by atoms with Crippen molar-refractivity contribution in [2.75, 3.05) is 0 Å². The topological polar surface area (TPSA) is 12.9 Å². The number of allylic oxidation sites excluding steroid dienone is 4. The van der Waals surface area contributed by atoms with Gasteiger partial charge in [0, 0.05) is 28.6 Å². The first-order chi connectivity index (χ1) is 21.7. The van der Waals surface area contributed by atoms with Gasteiger partial charge < -0.3 is 0 Å². The third kappa shape index (κ3) is 5.95. The van der Waals surface area contributed by atoms with Crippen LogP contribution in [0.5, 0.6) is 0 Å². The van der Waals surface area contributed by atoms with E-state index < -0.39 is 0 Å². The fourth-order valence-electron chi connectivity index (χ4n) is 6.04. The average Bonchev–Trinajstić information content (AvgIpc) is 3.09. The van der Waals surface area contributed by atoms with E-state index in [-0.39, 0.29) is 0 Å². The number of hydrogen-bond acceptors (Lipinski definition) is 2. The summed E-state index contributed by atoms with van der Waals surface area (Å²) in [5.41, 5.74) is 7.46. The molecule has 1 atom stereocenters. The molecule has 212 valence electrons. The molecule has 0 spiro atoms. The Morgan fingerprint density at radius 3 is 2.16 bits per heavy atom. The van der Waals surface area contributed by atoms with Gasteiger partial charge in [-0.2, -0.15) is 0 Å². The molecule has 1 heterocycles. The summed E-state index contributed by atoms with van der Waals surface area (Å²) in [5, 5.41) is 4.82. The van der Waals surface area contributed by atoms with Crippen molar-refractivity contribution in [3.63, 3.8) is 0 Å². The number of aryl methyl sites for hydroxylation is 1. The van der Waals surface area contributed by atoms with E-state index in [1.165, 1.54) is 59.3 Å². The Hall–Kier alpha value is -4.92. The predicted octanol–water partition coefficient (Wildman–Crippen LogP) is 11.7. The van der Waals surface area contributed by atoms with Gasteiger partial charge in [0.1, 0.15) is 0 Å². The first-order valence-corrected chi connectivity index (χ1v) is 15.9. The quantitative estimate of drug-likeness (QED) is 0.200. The molecule has 0 saturated heterocycles. The van der Waals surface area contributed by atoms with Crippen LogP contribution in [0.2, 0.25) is 0 Å². The minimum atomic E-state index is 0.308. The van der Waals surface area contributed by atoms with Crippen molar-refractivity contribution in [2.24, 2.45) is 0 Å². The fraction of sp³-hybridized carbons (Fsp3) is 0.0714. The molecule has 1 aromatic heterocycles. The van der Waals surface area contributed by atoms with Crippen LogP contribution in [-0.4, -0.2) is 4.98 Å². The van der Waals surface area contributed by atoms with Crippen molar-refractivity contribution in [3.8, 4) is 11.1 Å². The van der Waals surface area contributed by atoms with Gasteiger partial charge in [0.05, 0.1) is 0 Å². The predicted molar refractivity (Wildman–Crippen MR) is 189 cm³/mol. The summed E-state index contributed by atoms with van der Waals surface area (Å²) < 4.78 is 0. The zero-order valence-corrected chi connectivity index (χ0v) is 25.5. The number of nitrogens with zero attached hydrogens (tertiary/aromatic N) is 1. The molecular weight excluding hydrogens is 551 g/mol. The smallest absolute Gasteiger partial charge is 0.0353 e. The number of fused-ring (bicyclic) bond motifs is 2. The lowest BCUT2D eigenvalue weighted by molar-refractivity contribution is 0.848. The van der Waals surface area contributed by atoms with Crippen LogP contribution in [0, 0.1) is 6.92 Å². The largest absolute Gasteiger partial charge is 0.264 e. The molecule has 1 nitrogen and oxygen atoms in total. The maximum absolute atomic E-state index is 4.63. The zero-order chi connectivity index (χ0) is 29.7. The highest BCUT2D eigenvalue weighted by Crippen LogP contribution is 2.44. The van der Waals surface area contributed by atoms with Gasteiger partial charge in [-0.25, -0.2) is 0 Å². The van der Waals surface area contributed by atoms with E-state index in [4.69, 9.17) is 0 Å². The van der Waals surface area contributed by atoms with Crippen LogP contribution in [0.1, 0.15) is 29.0 Å². The highest BCUT2D eigenvalue weighted by Gasteiger charge is 2.20. The summed E-state index contributed by atoms with van der Waals surface area (Å²) in [6, 6.07) is 50.0. The Morgan fingerprint density at radius 1 is 0.636 bits per heavy atom. The number of aromatic nitrogens is 1. The van der Waals surface area contributed by atoms with Crippen molar-refractivity contribution in [1.29, 1.82) is 0 Å². The average molecular weight is 584 g/mol. The monoisotopic (exact) mass is 583 g/mol. The van der Waals surface area contributed by atoms with Crippen LogP contribution < -0.4 is 0 Å². The van der Waals surface area contributed by atoms with Gasteiger partial charge in [0.25, 0.3) is 0 Å². The van der Waals surface area contributed by atoms with Crippen LogP contribution in [-0.2, 0) is 0 Å². The molecule has 0 bridgehead atoms. The lowest BCUT2D eigenvalue weighted by Crippen LogP contribution is -2.03. The summed E-state index contributed by atoms with van der Waals surface area (Å²) >= 11 is 1.90. The second kappa shape index (κ2) is 12.8. The van der Waals surface area contributed by atoms with Gasteiger partial charge in [-0.15, -0.1) is 0 Å². The lowest BCUT2D eigenvalue weighted by atomic mass is 9.87. The Labute approximate surface area is 264 Å². The number of rotatable bonds is 5. The van der Waals surface area contributed by atoms with Crippen LogP contribution >= 0.6 is 11.8 Å². The Kier molecular flexibility index (Phi) is 8.08. The maximum Gasteiger partial charge on any atom is 0.0353 e. The third-order valence-corrected chi connectivity index (χ3v) is 9.58. The van der Waals surface area contributed by atoms with E-state index >= 15 is 0 Å². The summed E-state index contributed by atoms with van der Waals surface area (Å²) in [5.74, 6) is 0.308. The number of thioether (sulfide) groups is 1. The van der Waals surface area contributed by atoms with Gasteiger partial charge in [-0.1, -0.05) is 145 Å². The second-order valence-corrected chi connectivity index (χ2v) is 12.4. The molecule has 6 aromatic rings. The number of benzene rings is 4. The minimum absolute atomic E-state index is 0.308. The molecule has 0 amide bonds. The van der Waals surface area contributed by atoms with E-state index in [1.807, 2.05) is 24.2 Å². The molecule has 0 aliphatic heterocycles. The highest BCUT2D eigenvalue weighted by molar-refractivity contribution is 8.03. The second-order valence-electron chi connectivity index (χ2n) is 11.2. The summed E-state index contributed by atoms with van der Waals surface area (Å²) in [7, 11) is 0. The molecule has 2 heteroatoms. The minimum Gasteiger partial charge on any atom is -0.264 e. The molecule has 1 unspecified atom stereocenters. The van der Waals surface area contributed by atoms with Crippen molar-refractivity contribution in [3.05, 3.63) is 186 Å². The molecule has 0 fully saturated rings. The fourth-order valence-corrected chi connectivity index (χ4v) is 7.27. The standard InChI is InChI=1S/C42H33NS/c1-30-13-5-2-10-20-39(35-22-21-33-18-11-12-19-34(33)25-35)41-29-43-24-23-40(41)42(30)44-38-27-36(31-14-6-3-7-15-31)26-37(28-38)32-16-8-4-9-17-32/h2-27,29,37H,28H2,1H3. The lowest BCUT2D eigenvalue weighted by Gasteiger charge is -2.23. The van der Waals surface area contributed by atoms with Crippen molar-refractivity contribution >= 4 is 38.9 Å². The van der Waals surface area contributed by atoms with Crippen LogP contribution in [0.25, 0.3) is 38.2 Å². The first kappa shape index (κ1) is 27.9. The van der Waals surface area contributed by atoms with E-state index in [0.29, 0.717) is 5.92 Å². The van der Waals surface area contributed by atoms with E-state index in [2.05, 4.69) is 164 Å². The summed E-state index contributed by atoms with van der Waals surface area (Å²) in [6.07, 6.45) is 9.74. The maximum atomic E-state index is 4.63. The Morgan fingerprint density at radius 2 is 1.34 bits per heavy atom. The van der Waals surface area contributed by atoms with Gasteiger partial charge in [0.2, 0.25) is 0 Å². The van der Waals surface area contributed by atoms with Crippen LogP contribution in [0.4, 0.5) is 0 Å². The molecule has 1 aliphatic carbocycles. The molecular formula is C42H33NS. The van der Waals surface area contributed by atoms with Crippen molar-refractivity contribution < 1.29 is 0 Å². The van der Waals surface area contributed by atoms with E-state index in [9.17, 15) is 0 Å². The Bertz CT molecular complexity index is 2070. The molecule has 44 heavy (non-hydrogen) atoms. The van der Waals surface area contributed by atoms with Gasteiger partial charge in [-0.3, -0.25) is 4.98 Å². The molecule has 0 saturated carbocycles. The first-order valence-electron chi connectivity index (χ1n) is 15.1. The molecule has 1 aliphatic rings. The molecule has 7 rings (SSSR count). The Balaban J connectivity index is 1.40. The van der Waals surface area contributed by atoms with Crippen molar-refractivity contribution in [1.82, 2.24) is 4.98 Å². The van der Waals surface area contributed by atoms with Crippen molar-refractivity contribution in [2.45, 2.75) is 24.2 Å². The van der Waals surface area contributed by atoms with Crippen LogP contribution in [0.3, 0.4) is 0 Å². The number of hydrogen-bond donors (Lipinski definition) is 0. The molecule has 0 radical (unpaired) electrons. The number of pyridine rings is 1. The normalized spacial score (nSPS) is 14.5.